The third-order valence-corrected chi connectivity index (χ3v) is 6.03. The molecule has 1 aromatic heterocycles. The molecule has 132 valence electrons. The Labute approximate surface area is 152 Å². The summed E-state index contributed by atoms with van der Waals surface area (Å²) in [6, 6.07) is 11.1. The summed E-state index contributed by atoms with van der Waals surface area (Å²) >= 11 is 0. The van der Waals surface area contributed by atoms with Crippen molar-refractivity contribution in [1.82, 2.24) is 14.8 Å². The van der Waals surface area contributed by atoms with Crippen LogP contribution in [0, 0.1) is 0 Å². The van der Waals surface area contributed by atoms with Crippen LogP contribution >= 0.6 is 0 Å². The van der Waals surface area contributed by atoms with Crippen LogP contribution in [0.25, 0.3) is 0 Å². The van der Waals surface area contributed by atoms with Gasteiger partial charge in [-0.1, -0.05) is 45.7 Å². The van der Waals surface area contributed by atoms with Gasteiger partial charge in [-0.25, -0.2) is 9.67 Å². The van der Waals surface area contributed by atoms with Gasteiger partial charge in [-0.3, -0.25) is 0 Å². The molecular formula is C18H29B2N5. The maximum absolute atomic E-state index is 4.58. The van der Waals surface area contributed by atoms with Crippen molar-refractivity contribution < 1.29 is 0 Å². The molecule has 2 heterocycles. The second-order valence-corrected chi connectivity index (χ2v) is 7.85. The van der Waals surface area contributed by atoms with Gasteiger partial charge in [0.1, 0.15) is 6.33 Å². The van der Waals surface area contributed by atoms with E-state index in [1.165, 1.54) is 5.69 Å². The Hall–Kier alpha value is -1.91. The molecule has 0 bridgehead atoms. The molecule has 0 saturated carbocycles. The van der Waals surface area contributed by atoms with Crippen molar-refractivity contribution in [3.05, 3.63) is 36.7 Å². The van der Waals surface area contributed by atoms with Gasteiger partial charge in [0, 0.05) is 11.7 Å². The van der Waals surface area contributed by atoms with E-state index in [1.807, 2.05) is 0 Å². The van der Waals surface area contributed by atoms with Crippen LogP contribution in [-0.2, 0) is 5.54 Å². The molecule has 0 amide bonds. The van der Waals surface area contributed by atoms with Crippen LogP contribution in [-0.4, -0.2) is 34.5 Å². The van der Waals surface area contributed by atoms with E-state index in [2.05, 4.69) is 96.5 Å². The Morgan fingerprint density at radius 1 is 1.20 bits per heavy atom. The summed E-state index contributed by atoms with van der Waals surface area (Å²) in [5, 5.41) is 8.18. The van der Waals surface area contributed by atoms with Crippen molar-refractivity contribution in [2.75, 3.05) is 10.0 Å². The standard InChI is InChI=1S/C18H29B2N5/c1-7-16-18(3,4)25-17(21-13-22-25)23-19(5)14(2)20(6)24(16)15-11-9-8-10-12-15/h8-14,16H,7H2,1-6H3,(H,21,22,23). The first-order valence-corrected chi connectivity index (χ1v) is 9.38. The van der Waals surface area contributed by atoms with Gasteiger partial charge in [-0.2, -0.15) is 5.10 Å². The fourth-order valence-electron chi connectivity index (χ4n) is 4.24. The zero-order chi connectivity index (χ0) is 18.2. The van der Waals surface area contributed by atoms with Crippen LogP contribution in [0.2, 0.25) is 19.4 Å². The molecule has 25 heavy (non-hydrogen) atoms. The number of anilines is 2. The first kappa shape index (κ1) is 17.9. The summed E-state index contributed by atoms with van der Waals surface area (Å²) in [4.78, 5) is 7.09. The lowest BCUT2D eigenvalue weighted by atomic mass is 9.32. The zero-order valence-corrected chi connectivity index (χ0v) is 16.3. The Kier molecular flexibility index (Phi) is 4.85. The van der Waals surface area contributed by atoms with Gasteiger partial charge in [-0.05, 0) is 38.1 Å². The fraction of sp³-hybridized carbons (Fsp3) is 0.556. The maximum Gasteiger partial charge on any atom is 0.249 e. The number of hydrogen-bond donors (Lipinski definition) is 1. The quantitative estimate of drug-likeness (QED) is 0.845. The number of nitrogens with zero attached hydrogens (tertiary/aromatic N) is 4. The van der Waals surface area contributed by atoms with Crippen LogP contribution in [0.1, 0.15) is 34.1 Å². The number of aromatic nitrogens is 3. The number of nitrogens with one attached hydrogen (secondary N) is 1. The van der Waals surface area contributed by atoms with E-state index in [4.69, 9.17) is 0 Å². The zero-order valence-electron chi connectivity index (χ0n) is 16.3. The van der Waals surface area contributed by atoms with Crippen LogP contribution in [0.3, 0.4) is 0 Å². The molecule has 1 N–H and O–H groups in total. The molecule has 7 heteroatoms. The largest absolute Gasteiger partial charge is 0.410 e. The van der Waals surface area contributed by atoms with Crippen molar-refractivity contribution in [3.63, 3.8) is 0 Å². The second kappa shape index (κ2) is 6.77. The summed E-state index contributed by atoms with van der Waals surface area (Å²) in [7, 11) is 0. The first-order valence-electron chi connectivity index (χ1n) is 9.38. The Morgan fingerprint density at radius 3 is 2.52 bits per heavy atom. The Morgan fingerprint density at radius 2 is 1.88 bits per heavy atom. The second-order valence-electron chi connectivity index (χ2n) is 7.85. The Bertz CT molecular complexity index is 703. The van der Waals surface area contributed by atoms with Crippen molar-refractivity contribution >= 4 is 25.3 Å². The molecule has 1 aliphatic heterocycles. The van der Waals surface area contributed by atoms with Gasteiger partial charge in [0.05, 0.1) is 5.54 Å². The molecule has 0 fully saturated rings. The number of hydrogen-bond acceptors (Lipinski definition) is 4. The predicted octanol–water partition coefficient (Wildman–Crippen LogP) is 3.90. The normalized spacial score (nSPS) is 23.4. The minimum atomic E-state index is -0.193. The van der Waals surface area contributed by atoms with E-state index in [1.54, 1.807) is 6.33 Å². The summed E-state index contributed by atoms with van der Waals surface area (Å²) in [5.41, 5.74) is 1.53. The molecule has 0 spiro atoms. The highest BCUT2D eigenvalue weighted by Crippen LogP contribution is 2.36. The highest BCUT2D eigenvalue weighted by atomic mass is 15.4. The van der Waals surface area contributed by atoms with Gasteiger partial charge in [0.25, 0.3) is 0 Å². The summed E-state index contributed by atoms with van der Waals surface area (Å²) in [5.74, 6) is 0.866. The van der Waals surface area contributed by atoms with Gasteiger partial charge in [-0.15, -0.1) is 0 Å². The molecule has 0 radical (unpaired) electrons. The minimum absolute atomic E-state index is 0.193. The molecule has 0 saturated heterocycles. The smallest absolute Gasteiger partial charge is 0.249 e. The minimum Gasteiger partial charge on any atom is -0.410 e. The van der Waals surface area contributed by atoms with Gasteiger partial charge in [0.15, 0.2) is 0 Å². The van der Waals surface area contributed by atoms with Crippen molar-refractivity contribution in [3.8, 4) is 0 Å². The number of para-hydroxylation sites is 1. The molecule has 2 unspecified atom stereocenters. The highest BCUT2D eigenvalue weighted by molar-refractivity contribution is 6.82. The van der Waals surface area contributed by atoms with Gasteiger partial charge < -0.3 is 10.0 Å². The van der Waals surface area contributed by atoms with Crippen LogP contribution in [0.5, 0.6) is 0 Å². The van der Waals surface area contributed by atoms with Gasteiger partial charge in [0.2, 0.25) is 19.6 Å². The SMILES string of the molecule is CCC1N(c2ccccc2)B(C)C(C)B(C)Nc2ncnn2C1(C)C. The van der Waals surface area contributed by atoms with E-state index in [-0.39, 0.29) is 5.54 Å². The fourth-order valence-corrected chi connectivity index (χ4v) is 4.24. The highest BCUT2D eigenvalue weighted by Gasteiger charge is 2.44. The average molecular weight is 337 g/mol. The van der Waals surface area contributed by atoms with E-state index < -0.39 is 0 Å². The van der Waals surface area contributed by atoms with Crippen molar-refractivity contribution in [1.29, 1.82) is 0 Å². The van der Waals surface area contributed by atoms with E-state index >= 15 is 0 Å². The molecule has 2 atom stereocenters. The summed E-state index contributed by atoms with van der Waals surface area (Å²) in [6.45, 7) is 14.4. The molecule has 5 nitrogen and oxygen atoms in total. The van der Waals surface area contributed by atoms with Crippen LogP contribution in [0.15, 0.2) is 36.7 Å². The summed E-state index contributed by atoms with van der Waals surface area (Å²) < 4.78 is 2.07. The van der Waals surface area contributed by atoms with E-state index in [9.17, 15) is 0 Å². The lowest BCUT2D eigenvalue weighted by molar-refractivity contribution is 0.256. The summed E-state index contributed by atoms with van der Waals surface area (Å²) in [6.07, 6.45) is 2.69. The molecule has 3 rings (SSSR count). The number of benzene rings is 1. The van der Waals surface area contributed by atoms with Gasteiger partial charge >= 0.3 is 0 Å². The number of fused-ring (bicyclic) bond motifs is 1. The first-order chi connectivity index (χ1) is 11.9. The molecule has 1 aliphatic rings. The lowest BCUT2D eigenvalue weighted by Crippen LogP contribution is -2.57. The molecule has 1 aromatic carbocycles. The third-order valence-electron chi connectivity index (χ3n) is 6.03. The van der Waals surface area contributed by atoms with E-state index in [0.29, 0.717) is 25.5 Å². The molecule has 2 aromatic rings. The third kappa shape index (κ3) is 3.05. The monoisotopic (exact) mass is 337 g/mol. The van der Waals surface area contributed by atoms with Crippen LogP contribution < -0.4 is 10.0 Å². The average Bonchev–Trinajstić information content (AvgIpc) is 3.07. The van der Waals surface area contributed by atoms with E-state index in [0.717, 1.165) is 12.4 Å². The van der Waals surface area contributed by atoms with Crippen molar-refractivity contribution in [2.45, 2.75) is 65.1 Å². The maximum atomic E-state index is 4.58. The lowest BCUT2D eigenvalue weighted by Gasteiger charge is -2.46. The molecule has 0 aliphatic carbocycles. The number of rotatable bonds is 2. The topological polar surface area (TPSA) is 46.0 Å². The van der Waals surface area contributed by atoms with Crippen LogP contribution in [0.4, 0.5) is 11.6 Å². The van der Waals surface area contributed by atoms with Crippen molar-refractivity contribution in [2.24, 2.45) is 0 Å². The predicted molar refractivity (Wildman–Crippen MR) is 109 cm³/mol. The molecular weight excluding hydrogens is 308 g/mol. The Balaban J connectivity index is 2.18.